The fourth-order valence-corrected chi connectivity index (χ4v) is 4.89. The van der Waals surface area contributed by atoms with Gasteiger partial charge in [0.25, 0.3) is 11.6 Å². The monoisotopic (exact) mass is 521 g/mol. The first-order valence-electron chi connectivity index (χ1n) is 10.7. The van der Waals surface area contributed by atoms with E-state index in [-0.39, 0.29) is 22.7 Å². The predicted molar refractivity (Wildman–Crippen MR) is 134 cm³/mol. The average molecular weight is 522 g/mol. The van der Waals surface area contributed by atoms with Crippen LogP contribution in [-0.4, -0.2) is 25.6 Å². The summed E-state index contributed by atoms with van der Waals surface area (Å²) in [5.74, 6) is 1.24. The fraction of sp³-hybridized carbons (Fsp3) is 0.348. The minimum absolute atomic E-state index is 0.0563. The average Bonchev–Trinajstić information content (AvgIpc) is 3.20. The van der Waals surface area contributed by atoms with Gasteiger partial charge in [-0.3, -0.25) is 14.9 Å². The lowest BCUT2D eigenvalue weighted by Crippen LogP contribution is -2.31. The summed E-state index contributed by atoms with van der Waals surface area (Å²) in [5, 5.41) is 24.1. The summed E-state index contributed by atoms with van der Waals surface area (Å²) >= 11 is 13.7. The molecule has 0 saturated heterocycles. The zero-order valence-electron chi connectivity index (χ0n) is 19.0. The third-order valence-electron chi connectivity index (χ3n) is 5.08. The molecule has 0 spiro atoms. The van der Waals surface area contributed by atoms with Crippen LogP contribution in [0.25, 0.3) is 0 Å². The van der Waals surface area contributed by atoms with Gasteiger partial charge in [-0.15, -0.1) is 10.2 Å². The SMILES string of the molecule is CCn1c(SCc2ccc([N+](=O)[O-])cc2)nnc1[C@@H](CC(C)C)NC(=O)c1ccc(Cl)cc1Cl. The van der Waals surface area contributed by atoms with Crippen LogP contribution in [0.1, 0.15) is 55.0 Å². The molecule has 3 rings (SSSR count). The number of nitro benzene ring substituents is 1. The number of hydrogen-bond donors (Lipinski definition) is 1. The molecule has 1 heterocycles. The van der Waals surface area contributed by atoms with Gasteiger partial charge in [-0.25, -0.2) is 0 Å². The molecule has 1 atom stereocenters. The summed E-state index contributed by atoms with van der Waals surface area (Å²) < 4.78 is 1.98. The van der Waals surface area contributed by atoms with Crippen LogP contribution in [0.2, 0.25) is 10.0 Å². The van der Waals surface area contributed by atoms with Gasteiger partial charge in [0.1, 0.15) is 0 Å². The van der Waals surface area contributed by atoms with Gasteiger partial charge in [0.15, 0.2) is 11.0 Å². The molecule has 0 unspecified atom stereocenters. The fourth-order valence-electron chi connectivity index (χ4n) is 3.43. The van der Waals surface area contributed by atoms with Crippen molar-refractivity contribution in [2.75, 3.05) is 0 Å². The van der Waals surface area contributed by atoms with Crippen LogP contribution < -0.4 is 5.32 Å². The minimum Gasteiger partial charge on any atom is -0.342 e. The lowest BCUT2D eigenvalue weighted by atomic mass is 10.0. The molecule has 0 aliphatic heterocycles. The first kappa shape index (κ1) is 26.0. The number of thioether (sulfide) groups is 1. The number of hydrogen-bond acceptors (Lipinski definition) is 6. The van der Waals surface area contributed by atoms with Crippen LogP contribution in [0, 0.1) is 16.0 Å². The second kappa shape index (κ2) is 11.7. The predicted octanol–water partition coefficient (Wildman–Crippen LogP) is 6.32. The summed E-state index contributed by atoms with van der Waals surface area (Å²) in [6, 6.07) is 10.8. The number of carbonyl (C=O) groups excluding carboxylic acids is 1. The molecule has 1 amide bonds. The van der Waals surface area contributed by atoms with Crippen molar-refractivity contribution in [2.24, 2.45) is 5.92 Å². The highest BCUT2D eigenvalue weighted by Crippen LogP contribution is 2.28. The van der Waals surface area contributed by atoms with E-state index in [2.05, 4.69) is 29.4 Å². The van der Waals surface area contributed by atoms with Gasteiger partial charge in [0.2, 0.25) is 0 Å². The third kappa shape index (κ3) is 6.49. The molecule has 0 saturated carbocycles. The third-order valence-corrected chi connectivity index (χ3v) is 6.66. The Morgan fingerprint density at radius 1 is 1.18 bits per heavy atom. The van der Waals surface area contributed by atoms with Crippen molar-refractivity contribution in [1.82, 2.24) is 20.1 Å². The Morgan fingerprint density at radius 3 is 2.47 bits per heavy atom. The Kier molecular flexibility index (Phi) is 8.93. The first-order valence-corrected chi connectivity index (χ1v) is 12.5. The molecule has 0 fully saturated rings. The van der Waals surface area contributed by atoms with Gasteiger partial charge in [0, 0.05) is 29.5 Å². The Balaban J connectivity index is 1.80. The van der Waals surface area contributed by atoms with Gasteiger partial charge in [-0.1, -0.05) is 60.9 Å². The summed E-state index contributed by atoms with van der Waals surface area (Å²) in [6.45, 7) is 6.76. The van der Waals surface area contributed by atoms with E-state index < -0.39 is 4.92 Å². The van der Waals surface area contributed by atoms with Crippen molar-refractivity contribution in [3.8, 4) is 0 Å². The molecule has 0 aliphatic rings. The van der Waals surface area contributed by atoms with Crippen LogP contribution in [0.3, 0.4) is 0 Å². The number of amides is 1. The van der Waals surface area contributed by atoms with E-state index in [1.165, 1.54) is 30.0 Å². The number of nitrogens with zero attached hydrogens (tertiary/aromatic N) is 4. The summed E-state index contributed by atoms with van der Waals surface area (Å²) in [7, 11) is 0. The second-order valence-corrected chi connectivity index (χ2v) is 9.86. The normalized spacial score (nSPS) is 12.1. The van der Waals surface area contributed by atoms with Gasteiger partial charge in [-0.2, -0.15) is 0 Å². The van der Waals surface area contributed by atoms with E-state index >= 15 is 0 Å². The number of benzene rings is 2. The van der Waals surface area contributed by atoms with Crippen LogP contribution in [-0.2, 0) is 12.3 Å². The quantitative estimate of drug-likeness (QED) is 0.190. The molecule has 8 nitrogen and oxygen atoms in total. The maximum atomic E-state index is 13.0. The van der Waals surface area contributed by atoms with Crippen molar-refractivity contribution < 1.29 is 9.72 Å². The van der Waals surface area contributed by atoms with Crippen molar-refractivity contribution in [3.05, 3.63) is 79.6 Å². The highest BCUT2D eigenvalue weighted by molar-refractivity contribution is 7.98. The van der Waals surface area contributed by atoms with E-state index in [1.807, 2.05) is 11.5 Å². The van der Waals surface area contributed by atoms with E-state index in [1.54, 1.807) is 24.3 Å². The van der Waals surface area contributed by atoms with Crippen LogP contribution >= 0.6 is 35.0 Å². The molecule has 34 heavy (non-hydrogen) atoms. The van der Waals surface area contributed by atoms with Crippen LogP contribution in [0.5, 0.6) is 0 Å². The Bertz CT molecular complexity index is 1170. The number of carbonyl (C=O) groups is 1. The lowest BCUT2D eigenvalue weighted by molar-refractivity contribution is -0.384. The smallest absolute Gasteiger partial charge is 0.269 e. The number of non-ortho nitro benzene ring substituents is 1. The molecule has 2 aromatic carbocycles. The summed E-state index contributed by atoms with van der Waals surface area (Å²) in [4.78, 5) is 23.4. The van der Waals surface area contributed by atoms with Gasteiger partial charge >= 0.3 is 0 Å². The maximum Gasteiger partial charge on any atom is 0.269 e. The first-order chi connectivity index (χ1) is 16.2. The zero-order valence-corrected chi connectivity index (χ0v) is 21.3. The van der Waals surface area contributed by atoms with Crippen molar-refractivity contribution in [3.63, 3.8) is 0 Å². The van der Waals surface area contributed by atoms with E-state index in [0.717, 1.165) is 5.56 Å². The zero-order chi connectivity index (χ0) is 24.8. The maximum absolute atomic E-state index is 13.0. The van der Waals surface area contributed by atoms with Crippen LogP contribution in [0.15, 0.2) is 47.6 Å². The summed E-state index contributed by atoms with van der Waals surface area (Å²) in [5.41, 5.74) is 1.34. The number of aromatic nitrogens is 3. The van der Waals surface area contributed by atoms with E-state index in [9.17, 15) is 14.9 Å². The number of rotatable bonds is 10. The topological polar surface area (TPSA) is 103 Å². The van der Waals surface area contributed by atoms with E-state index in [0.29, 0.717) is 46.2 Å². The molecular formula is C23H25Cl2N5O3S. The van der Waals surface area contributed by atoms with Gasteiger partial charge in [0.05, 0.1) is 21.6 Å². The molecule has 180 valence electrons. The standard InChI is InChI=1S/C23H25Cl2N5O3S/c1-4-29-21(27-28-23(29)34-13-15-5-8-17(9-6-15)30(32)33)20(11-14(2)3)26-22(31)18-10-7-16(24)12-19(18)25/h5-10,12,14,20H,4,11,13H2,1-3H3,(H,26,31)/t20-/m1/s1. The molecule has 0 radical (unpaired) electrons. The largest absolute Gasteiger partial charge is 0.342 e. The number of nitrogens with one attached hydrogen (secondary N) is 1. The lowest BCUT2D eigenvalue weighted by Gasteiger charge is -2.21. The Morgan fingerprint density at radius 2 is 1.88 bits per heavy atom. The Labute approximate surface area is 212 Å². The van der Waals surface area contributed by atoms with Crippen molar-refractivity contribution in [1.29, 1.82) is 0 Å². The highest BCUT2D eigenvalue weighted by atomic mass is 35.5. The van der Waals surface area contributed by atoms with Crippen LogP contribution in [0.4, 0.5) is 5.69 Å². The molecule has 0 aliphatic carbocycles. The highest BCUT2D eigenvalue weighted by Gasteiger charge is 2.25. The van der Waals surface area contributed by atoms with E-state index in [4.69, 9.17) is 23.2 Å². The van der Waals surface area contributed by atoms with Gasteiger partial charge < -0.3 is 9.88 Å². The van der Waals surface area contributed by atoms with Crippen molar-refractivity contribution in [2.45, 2.75) is 50.7 Å². The second-order valence-electron chi connectivity index (χ2n) is 8.08. The number of halogens is 2. The molecular weight excluding hydrogens is 497 g/mol. The van der Waals surface area contributed by atoms with Gasteiger partial charge in [-0.05, 0) is 43.0 Å². The van der Waals surface area contributed by atoms with Crippen molar-refractivity contribution >= 4 is 46.6 Å². The molecule has 1 aromatic heterocycles. The molecule has 11 heteroatoms. The molecule has 1 N–H and O–H groups in total. The molecule has 3 aromatic rings. The Hall–Kier alpha value is -2.62. The molecule has 0 bridgehead atoms. The minimum atomic E-state index is -0.419. The summed E-state index contributed by atoms with van der Waals surface area (Å²) in [6.07, 6.45) is 0.669. The number of nitro groups is 1.